The number of para-hydroxylation sites is 1. The summed E-state index contributed by atoms with van der Waals surface area (Å²) in [6, 6.07) is 20.0. The quantitative estimate of drug-likeness (QED) is 0.673. The van der Waals surface area contributed by atoms with E-state index in [4.69, 9.17) is 5.26 Å². The van der Waals surface area contributed by atoms with Crippen molar-refractivity contribution in [3.63, 3.8) is 0 Å². The smallest absolute Gasteiger partial charge is 0.257 e. The number of aromatic nitrogens is 1. The Morgan fingerprint density at radius 2 is 1.92 bits per heavy atom. The number of nitrogens with zero attached hydrogens (tertiary/aromatic N) is 2. The zero-order valence-electron chi connectivity index (χ0n) is 13.0. The molecule has 5 nitrogen and oxygen atoms in total. The molecule has 0 saturated carbocycles. The highest BCUT2D eigenvalue weighted by Crippen LogP contribution is 2.20. The molecule has 122 valence electrons. The molecule has 2 aromatic carbocycles. The zero-order valence-corrected chi connectivity index (χ0v) is 14.6. The summed E-state index contributed by atoms with van der Waals surface area (Å²) in [5.41, 5.74) is 2.19. The lowest BCUT2D eigenvalue weighted by Gasteiger charge is -2.08. The number of benzene rings is 2. The first-order valence-corrected chi connectivity index (χ1v) is 8.24. The number of carbonyl (C=O) groups is 1. The fourth-order valence-corrected chi connectivity index (χ4v) is 2.60. The lowest BCUT2D eigenvalue weighted by atomic mass is 10.2. The molecular formula is C19H13BrN4O. The van der Waals surface area contributed by atoms with E-state index in [1.54, 1.807) is 36.4 Å². The molecule has 0 radical (unpaired) electrons. The van der Waals surface area contributed by atoms with Crippen LogP contribution < -0.4 is 10.6 Å². The van der Waals surface area contributed by atoms with E-state index >= 15 is 0 Å². The molecule has 0 spiro atoms. The summed E-state index contributed by atoms with van der Waals surface area (Å²) in [5, 5.41) is 15.0. The van der Waals surface area contributed by atoms with Crippen LogP contribution >= 0.6 is 15.9 Å². The van der Waals surface area contributed by atoms with E-state index < -0.39 is 0 Å². The van der Waals surface area contributed by atoms with Gasteiger partial charge < -0.3 is 10.6 Å². The van der Waals surface area contributed by atoms with Crippen molar-refractivity contribution >= 4 is 39.0 Å². The average molecular weight is 393 g/mol. The molecule has 0 unspecified atom stereocenters. The van der Waals surface area contributed by atoms with Crippen molar-refractivity contribution in [1.82, 2.24) is 4.98 Å². The third-order valence-electron chi connectivity index (χ3n) is 3.42. The van der Waals surface area contributed by atoms with Crippen LogP contribution in [0, 0.1) is 11.3 Å². The first-order valence-electron chi connectivity index (χ1n) is 7.45. The van der Waals surface area contributed by atoms with E-state index in [0.717, 1.165) is 10.2 Å². The fraction of sp³-hybridized carbons (Fsp3) is 0. The molecule has 1 amide bonds. The minimum absolute atomic E-state index is 0.316. The maximum atomic E-state index is 12.3. The average Bonchev–Trinajstić information content (AvgIpc) is 2.63. The Labute approximate surface area is 153 Å². The number of hydrogen-bond acceptors (Lipinski definition) is 4. The molecule has 0 atom stereocenters. The minimum Gasteiger partial charge on any atom is -0.340 e. The van der Waals surface area contributed by atoms with Crippen molar-refractivity contribution in [3.8, 4) is 6.07 Å². The van der Waals surface area contributed by atoms with Crippen molar-refractivity contribution in [2.75, 3.05) is 10.6 Å². The van der Waals surface area contributed by atoms with Crippen molar-refractivity contribution in [2.24, 2.45) is 0 Å². The zero-order chi connectivity index (χ0) is 17.6. The summed E-state index contributed by atoms with van der Waals surface area (Å²) in [7, 11) is 0. The van der Waals surface area contributed by atoms with Crippen LogP contribution in [0.2, 0.25) is 0 Å². The predicted octanol–water partition coefficient (Wildman–Crippen LogP) is 4.71. The molecule has 1 heterocycles. The van der Waals surface area contributed by atoms with Gasteiger partial charge in [-0.25, -0.2) is 4.98 Å². The van der Waals surface area contributed by atoms with Gasteiger partial charge in [-0.3, -0.25) is 4.79 Å². The fourth-order valence-electron chi connectivity index (χ4n) is 2.20. The molecule has 2 N–H and O–H groups in total. The van der Waals surface area contributed by atoms with Crippen LogP contribution in [0.5, 0.6) is 0 Å². The number of carbonyl (C=O) groups excluding carboxylic acids is 1. The molecule has 25 heavy (non-hydrogen) atoms. The van der Waals surface area contributed by atoms with E-state index in [-0.39, 0.29) is 5.91 Å². The standard InChI is InChI=1S/C19H13BrN4O/c20-15-5-3-6-16(10-15)23-18-9-8-14(12-22-18)19(25)24-17-7-2-1-4-13(17)11-21/h1-10,12H,(H,22,23)(H,24,25). The molecule has 0 saturated heterocycles. The van der Waals surface area contributed by atoms with Crippen LogP contribution in [0.15, 0.2) is 71.3 Å². The summed E-state index contributed by atoms with van der Waals surface area (Å²) in [5.74, 6) is 0.316. The number of amides is 1. The third kappa shape index (κ3) is 4.22. The molecule has 3 aromatic rings. The number of pyridine rings is 1. The highest BCUT2D eigenvalue weighted by atomic mass is 79.9. The lowest BCUT2D eigenvalue weighted by molar-refractivity contribution is 0.102. The molecular weight excluding hydrogens is 380 g/mol. The summed E-state index contributed by atoms with van der Waals surface area (Å²) in [6.45, 7) is 0. The molecule has 1 aromatic heterocycles. The van der Waals surface area contributed by atoms with E-state index in [2.05, 4.69) is 31.5 Å². The Morgan fingerprint density at radius 1 is 1.08 bits per heavy atom. The van der Waals surface area contributed by atoms with Crippen LogP contribution in [0.3, 0.4) is 0 Å². The Morgan fingerprint density at radius 3 is 2.64 bits per heavy atom. The largest absolute Gasteiger partial charge is 0.340 e. The Balaban J connectivity index is 1.71. The van der Waals surface area contributed by atoms with Crippen LogP contribution in [0.4, 0.5) is 17.2 Å². The first-order chi connectivity index (χ1) is 12.2. The molecule has 0 fully saturated rings. The molecule has 0 bridgehead atoms. The second-order valence-electron chi connectivity index (χ2n) is 5.18. The van der Waals surface area contributed by atoms with E-state index in [1.165, 1.54) is 6.20 Å². The van der Waals surface area contributed by atoms with Gasteiger partial charge in [0.15, 0.2) is 0 Å². The van der Waals surface area contributed by atoms with Gasteiger partial charge in [0, 0.05) is 16.4 Å². The van der Waals surface area contributed by atoms with Crippen molar-refractivity contribution in [1.29, 1.82) is 5.26 Å². The predicted molar refractivity (Wildman–Crippen MR) is 101 cm³/mol. The number of anilines is 3. The molecule has 6 heteroatoms. The highest BCUT2D eigenvalue weighted by Gasteiger charge is 2.09. The number of nitrogens with one attached hydrogen (secondary N) is 2. The van der Waals surface area contributed by atoms with Gasteiger partial charge in [-0.2, -0.15) is 5.26 Å². The Kier molecular flexibility index (Phi) is 5.07. The molecule has 0 aliphatic rings. The van der Waals surface area contributed by atoms with Crippen LogP contribution in [0.1, 0.15) is 15.9 Å². The van der Waals surface area contributed by atoms with Crippen LogP contribution in [-0.2, 0) is 0 Å². The molecule has 0 aliphatic heterocycles. The summed E-state index contributed by atoms with van der Waals surface area (Å²) >= 11 is 3.41. The molecule has 3 rings (SSSR count). The van der Waals surface area contributed by atoms with Gasteiger partial charge >= 0.3 is 0 Å². The van der Waals surface area contributed by atoms with Gasteiger partial charge in [-0.1, -0.05) is 34.1 Å². The third-order valence-corrected chi connectivity index (χ3v) is 3.91. The number of nitriles is 1. The van der Waals surface area contributed by atoms with Gasteiger partial charge in [0.05, 0.1) is 16.8 Å². The SMILES string of the molecule is N#Cc1ccccc1NC(=O)c1ccc(Nc2cccc(Br)c2)nc1. The summed E-state index contributed by atoms with van der Waals surface area (Å²) in [4.78, 5) is 16.6. The Hall–Kier alpha value is -3.17. The maximum absolute atomic E-state index is 12.3. The first kappa shape index (κ1) is 16.7. The van der Waals surface area contributed by atoms with Gasteiger partial charge in [-0.05, 0) is 42.5 Å². The normalized spacial score (nSPS) is 9.92. The van der Waals surface area contributed by atoms with E-state index in [0.29, 0.717) is 22.6 Å². The van der Waals surface area contributed by atoms with Crippen molar-refractivity contribution < 1.29 is 4.79 Å². The van der Waals surface area contributed by atoms with Gasteiger partial charge in [0.1, 0.15) is 11.9 Å². The second kappa shape index (κ2) is 7.60. The van der Waals surface area contributed by atoms with E-state index in [1.807, 2.05) is 30.3 Å². The van der Waals surface area contributed by atoms with Crippen molar-refractivity contribution in [2.45, 2.75) is 0 Å². The van der Waals surface area contributed by atoms with E-state index in [9.17, 15) is 4.79 Å². The maximum Gasteiger partial charge on any atom is 0.257 e. The summed E-state index contributed by atoms with van der Waals surface area (Å²) in [6.07, 6.45) is 1.49. The number of halogens is 1. The highest BCUT2D eigenvalue weighted by molar-refractivity contribution is 9.10. The van der Waals surface area contributed by atoms with Crippen LogP contribution in [0.25, 0.3) is 0 Å². The van der Waals surface area contributed by atoms with Crippen molar-refractivity contribution in [3.05, 3.63) is 82.5 Å². The lowest BCUT2D eigenvalue weighted by Crippen LogP contribution is -2.13. The van der Waals surface area contributed by atoms with Gasteiger partial charge in [0.25, 0.3) is 5.91 Å². The summed E-state index contributed by atoms with van der Waals surface area (Å²) < 4.78 is 0.963. The Bertz CT molecular complexity index is 948. The topological polar surface area (TPSA) is 77.8 Å². The van der Waals surface area contributed by atoms with Gasteiger partial charge in [-0.15, -0.1) is 0 Å². The van der Waals surface area contributed by atoms with Crippen LogP contribution in [-0.4, -0.2) is 10.9 Å². The molecule has 0 aliphatic carbocycles. The van der Waals surface area contributed by atoms with Gasteiger partial charge in [0.2, 0.25) is 0 Å². The second-order valence-corrected chi connectivity index (χ2v) is 6.09. The number of hydrogen-bond donors (Lipinski definition) is 2. The minimum atomic E-state index is -0.316. The monoisotopic (exact) mass is 392 g/mol. The number of rotatable bonds is 4.